The number of nitrogens with zero attached hydrogens (tertiary/aromatic N) is 1. The molecule has 0 aliphatic carbocycles. The lowest BCUT2D eigenvalue weighted by atomic mass is 10.1. The van der Waals surface area contributed by atoms with E-state index in [1.165, 1.54) is 15.6 Å². The molecule has 1 aromatic heterocycles. The van der Waals surface area contributed by atoms with Gasteiger partial charge in [-0.2, -0.15) is 0 Å². The average molecular weight is 295 g/mol. The van der Waals surface area contributed by atoms with E-state index in [1.54, 1.807) is 11.3 Å². The molecule has 1 saturated heterocycles. The van der Waals surface area contributed by atoms with Gasteiger partial charge in [0.2, 0.25) is 0 Å². The third kappa shape index (κ3) is 3.16. The Morgan fingerprint density at radius 2 is 1.95 bits per heavy atom. The molecule has 0 amide bonds. The van der Waals surface area contributed by atoms with Crippen molar-refractivity contribution in [2.45, 2.75) is 6.42 Å². The van der Waals surface area contributed by atoms with E-state index in [2.05, 4.69) is 34.5 Å². The summed E-state index contributed by atoms with van der Waals surface area (Å²) in [5.74, 6) is 0.632. The Kier molecular flexibility index (Phi) is 3.60. The first-order valence-corrected chi connectivity index (χ1v) is 9.21. The zero-order chi connectivity index (χ0) is 13.3. The summed E-state index contributed by atoms with van der Waals surface area (Å²) in [4.78, 5) is 2.25. The first-order valence-electron chi connectivity index (χ1n) is 6.51. The van der Waals surface area contributed by atoms with Crippen LogP contribution in [0.4, 0.5) is 0 Å². The summed E-state index contributed by atoms with van der Waals surface area (Å²) >= 11 is 1.76. The third-order valence-electron chi connectivity index (χ3n) is 3.67. The quantitative estimate of drug-likeness (QED) is 0.871. The van der Waals surface area contributed by atoms with Gasteiger partial charge in [-0.1, -0.05) is 12.1 Å². The van der Waals surface area contributed by atoms with E-state index in [-0.39, 0.29) is 0 Å². The van der Waals surface area contributed by atoms with Crippen LogP contribution < -0.4 is 0 Å². The zero-order valence-electron chi connectivity index (χ0n) is 10.7. The Morgan fingerprint density at radius 1 is 1.16 bits per heavy atom. The van der Waals surface area contributed by atoms with Gasteiger partial charge in [-0.05, 0) is 34.9 Å². The fourth-order valence-electron chi connectivity index (χ4n) is 2.43. The zero-order valence-corrected chi connectivity index (χ0v) is 12.3. The molecule has 5 heteroatoms. The molecule has 0 saturated carbocycles. The highest BCUT2D eigenvalue weighted by Crippen LogP contribution is 2.22. The maximum Gasteiger partial charge on any atom is 0.152 e. The van der Waals surface area contributed by atoms with Gasteiger partial charge >= 0.3 is 0 Å². The molecular weight excluding hydrogens is 278 g/mol. The first-order chi connectivity index (χ1) is 9.12. The van der Waals surface area contributed by atoms with Gasteiger partial charge in [0.1, 0.15) is 0 Å². The van der Waals surface area contributed by atoms with E-state index in [0.717, 1.165) is 13.0 Å². The maximum atomic E-state index is 11.4. The molecule has 0 unspecified atom stereocenters. The average Bonchev–Trinajstić information content (AvgIpc) is 2.85. The third-order valence-corrected chi connectivity index (χ3v) is 6.18. The highest BCUT2D eigenvalue weighted by molar-refractivity contribution is 7.91. The van der Waals surface area contributed by atoms with Gasteiger partial charge < -0.3 is 4.90 Å². The minimum atomic E-state index is -2.76. The molecular formula is C14H17NO2S2. The standard InChI is InChI=1S/C14H17NO2S2/c16-19(17)9-6-15(7-10-19)5-3-12-1-2-14-13(11-12)4-8-18-14/h1-2,4,8,11H,3,5-7,9-10H2. The molecule has 3 rings (SSSR count). The Balaban J connectivity index is 1.60. The van der Waals surface area contributed by atoms with Crippen LogP contribution in [-0.2, 0) is 16.3 Å². The normalized spacial score (nSPS) is 19.8. The van der Waals surface area contributed by atoms with Crippen LogP contribution in [0.5, 0.6) is 0 Å². The smallest absolute Gasteiger partial charge is 0.152 e. The van der Waals surface area contributed by atoms with Crippen molar-refractivity contribution >= 4 is 31.3 Å². The second-order valence-corrected chi connectivity index (χ2v) is 8.29. The van der Waals surface area contributed by atoms with Gasteiger partial charge in [-0.25, -0.2) is 8.42 Å². The van der Waals surface area contributed by atoms with Crippen molar-refractivity contribution < 1.29 is 8.42 Å². The summed E-state index contributed by atoms with van der Waals surface area (Å²) in [5.41, 5.74) is 1.33. The molecule has 102 valence electrons. The second kappa shape index (κ2) is 5.23. The monoisotopic (exact) mass is 295 g/mol. The molecule has 1 aliphatic rings. The van der Waals surface area contributed by atoms with Gasteiger partial charge in [0.25, 0.3) is 0 Å². The van der Waals surface area contributed by atoms with Gasteiger partial charge in [0.05, 0.1) is 11.5 Å². The molecule has 1 fully saturated rings. The van der Waals surface area contributed by atoms with Crippen molar-refractivity contribution in [1.82, 2.24) is 4.90 Å². The van der Waals surface area contributed by atoms with E-state index in [9.17, 15) is 8.42 Å². The lowest BCUT2D eigenvalue weighted by Gasteiger charge is -2.26. The molecule has 1 aliphatic heterocycles. The number of fused-ring (bicyclic) bond motifs is 1. The Hall–Kier alpha value is -0.910. The topological polar surface area (TPSA) is 37.4 Å². The molecule has 19 heavy (non-hydrogen) atoms. The van der Waals surface area contributed by atoms with Crippen molar-refractivity contribution in [2.75, 3.05) is 31.1 Å². The summed E-state index contributed by atoms with van der Waals surface area (Å²) in [5, 5.41) is 3.42. The van der Waals surface area contributed by atoms with Gasteiger partial charge in [-0.15, -0.1) is 11.3 Å². The SMILES string of the molecule is O=S1(=O)CCN(CCc2ccc3sccc3c2)CC1. The van der Waals surface area contributed by atoms with E-state index in [0.29, 0.717) is 24.6 Å². The van der Waals surface area contributed by atoms with Crippen LogP contribution >= 0.6 is 11.3 Å². The highest BCUT2D eigenvalue weighted by atomic mass is 32.2. The van der Waals surface area contributed by atoms with Crippen LogP contribution in [0.3, 0.4) is 0 Å². The molecule has 0 atom stereocenters. The largest absolute Gasteiger partial charge is 0.301 e. The minimum Gasteiger partial charge on any atom is -0.301 e. The fraction of sp³-hybridized carbons (Fsp3) is 0.429. The molecule has 3 nitrogen and oxygen atoms in total. The fourth-order valence-corrected chi connectivity index (χ4v) is 4.48. The second-order valence-electron chi connectivity index (χ2n) is 5.04. The number of benzene rings is 1. The van der Waals surface area contributed by atoms with E-state index in [1.807, 2.05) is 0 Å². The van der Waals surface area contributed by atoms with Crippen LogP contribution in [0.2, 0.25) is 0 Å². The number of thiophene rings is 1. The van der Waals surface area contributed by atoms with Crippen LogP contribution in [0.15, 0.2) is 29.6 Å². The number of rotatable bonds is 3. The van der Waals surface area contributed by atoms with E-state index >= 15 is 0 Å². The van der Waals surface area contributed by atoms with E-state index < -0.39 is 9.84 Å². The molecule has 2 heterocycles. The molecule has 0 bridgehead atoms. The molecule has 0 radical (unpaired) electrons. The van der Waals surface area contributed by atoms with Crippen LogP contribution in [0, 0.1) is 0 Å². The summed E-state index contributed by atoms with van der Waals surface area (Å²) < 4.78 is 24.1. The number of hydrogen-bond donors (Lipinski definition) is 0. The Labute approximate surface area is 117 Å². The molecule has 1 aromatic carbocycles. The highest BCUT2D eigenvalue weighted by Gasteiger charge is 2.20. The molecule has 2 aromatic rings. The van der Waals surface area contributed by atoms with Gasteiger partial charge in [0.15, 0.2) is 9.84 Å². The minimum absolute atomic E-state index is 0.316. The van der Waals surface area contributed by atoms with Crippen molar-refractivity contribution in [2.24, 2.45) is 0 Å². The van der Waals surface area contributed by atoms with Gasteiger partial charge in [0, 0.05) is 24.3 Å². The summed E-state index contributed by atoms with van der Waals surface area (Å²) in [7, 11) is -2.76. The first kappa shape index (κ1) is 13.1. The van der Waals surface area contributed by atoms with Gasteiger partial charge in [-0.3, -0.25) is 0 Å². The summed E-state index contributed by atoms with van der Waals surface area (Å²) in [6.07, 6.45) is 0.992. The maximum absolute atomic E-state index is 11.4. The summed E-state index contributed by atoms with van der Waals surface area (Å²) in [6, 6.07) is 8.75. The van der Waals surface area contributed by atoms with Crippen LogP contribution in [0.1, 0.15) is 5.56 Å². The predicted octanol–water partition coefficient (Wildman–Crippen LogP) is 2.17. The van der Waals surface area contributed by atoms with Crippen molar-refractivity contribution in [3.05, 3.63) is 35.2 Å². The predicted molar refractivity (Wildman–Crippen MR) is 80.6 cm³/mol. The number of hydrogen-bond acceptors (Lipinski definition) is 4. The van der Waals surface area contributed by atoms with Crippen molar-refractivity contribution in [3.8, 4) is 0 Å². The van der Waals surface area contributed by atoms with Crippen molar-refractivity contribution in [1.29, 1.82) is 0 Å². The molecule has 0 spiro atoms. The van der Waals surface area contributed by atoms with Crippen LogP contribution in [0.25, 0.3) is 10.1 Å². The van der Waals surface area contributed by atoms with E-state index in [4.69, 9.17) is 0 Å². The van der Waals surface area contributed by atoms with Crippen molar-refractivity contribution in [3.63, 3.8) is 0 Å². The summed E-state index contributed by atoms with van der Waals surface area (Å²) in [6.45, 7) is 2.32. The Morgan fingerprint density at radius 3 is 2.74 bits per heavy atom. The van der Waals surface area contributed by atoms with Crippen LogP contribution in [-0.4, -0.2) is 44.5 Å². The number of sulfone groups is 1. The molecule has 0 N–H and O–H groups in total. The Bertz CT molecular complexity index is 662. The lowest BCUT2D eigenvalue weighted by molar-refractivity contribution is 0.299. The lowest BCUT2D eigenvalue weighted by Crippen LogP contribution is -2.41.